The van der Waals surface area contributed by atoms with Gasteiger partial charge in [-0.3, -0.25) is 9.48 Å². The average Bonchev–Trinajstić information content (AvgIpc) is 2.96. The maximum absolute atomic E-state index is 12.7. The van der Waals surface area contributed by atoms with E-state index < -0.39 is 0 Å². The lowest BCUT2D eigenvalue weighted by molar-refractivity contribution is 0.0616. The fraction of sp³-hybridized carbons (Fsp3) is 0.750. The molecule has 0 aromatic carbocycles. The standard InChI is InChI=1S/C16H25N3O3/c1-12-15(9-17-19(12)14-4-7-22-8-5-14)16(21)18-6-2-3-13(10-18)11-20/h9,13-14,20H,2-8,10-11H2,1H3. The Morgan fingerprint density at radius 1 is 1.41 bits per heavy atom. The summed E-state index contributed by atoms with van der Waals surface area (Å²) in [6, 6.07) is 0.335. The minimum Gasteiger partial charge on any atom is -0.396 e. The third-order valence-electron chi connectivity index (χ3n) is 4.88. The van der Waals surface area contributed by atoms with Crippen molar-refractivity contribution in [1.29, 1.82) is 0 Å². The summed E-state index contributed by atoms with van der Waals surface area (Å²) < 4.78 is 7.38. The largest absolute Gasteiger partial charge is 0.396 e. The van der Waals surface area contributed by atoms with Crippen LogP contribution in [0.1, 0.15) is 47.8 Å². The van der Waals surface area contributed by atoms with Gasteiger partial charge in [-0.15, -0.1) is 0 Å². The van der Waals surface area contributed by atoms with Crippen molar-refractivity contribution < 1.29 is 14.6 Å². The van der Waals surface area contributed by atoms with Crippen LogP contribution in [0.5, 0.6) is 0 Å². The number of hydrogen-bond acceptors (Lipinski definition) is 4. The molecule has 3 heterocycles. The summed E-state index contributed by atoms with van der Waals surface area (Å²) >= 11 is 0. The molecule has 2 fully saturated rings. The van der Waals surface area contributed by atoms with Gasteiger partial charge in [0.25, 0.3) is 5.91 Å². The molecule has 2 aliphatic heterocycles. The molecule has 3 rings (SSSR count). The first-order valence-electron chi connectivity index (χ1n) is 8.22. The highest BCUT2D eigenvalue weighted by molar-refractivity contribution is 5.95. The Labute approximate surface area is 131 Å². The van der Waals surface area contributed by atoms with Gasteiger partial charge < -0.3 is 14.7 Å². The van der Waals surface area contributed by atoms with Gasteiger partial charge in [0.2, 0.25) is 0 Å². The number of hydrogen-bond donors (Lipinski definition) is 1. The predicted octanol–water partition coefficient (Wildman–Crippen LogP) is 1.39. The molecule has 1 N–H and O–H groups in total. The van der Waals surface area contributed by atoms with E-state index in [9.17, 15) is 9.90 Å². The zero-order valence-electron chi connectivity index (χ0n) is 13.2. The summed E-state index contributed by atoms with van der Waals surface area (Å²) in [5.74, 6) is 0.262. The van der Waals surface area contributed by atoms with Crippen LogP contribution in [0.3, 0.4) is 0 Å². The van der Waals surface area contributed by atoms with Gasteiger partial charge in [-0.25, -0.2) is 0 Å². The second-order valence-corrected chi connectivity index (χ2v) is 6.37. The monoisotopic (exact) mass is 307 g/mol. The van der Waals surface area contributed by atoms with Crippen LogP contribution in [0.2, 0.25) is 0 Å². The quantitative estimate of drug-likeness (QED) is 0.916. The summed E-state index contributed by atoms with van der Waals surface area (Å²) in [5, 5.41) is 13.8. The zero-order chi connectivity index (χ0) is 15.5. The van der Waals surface area contributed by atoms with Crippen LogP contribution >= 0.6 is 0 Å². The van der Waals surface area contributed by atoms with E-state index in [2.05, 4.69) is 5.10 Å². The first kappa shape index (κ1) is 15.5. The molecule has 1 aromatic heterocycles. The van der Waals surface area contributed by atoms with Crippen LogP contribution in [-0.2, 0) is 4.74 Å². The molecule has 6 heteroatoms. The number of likely N-dealkylation sites (tertiary alicyclic amines) is 1. The molecule has 2 aliphatic rings. The van der Waals surface area contributed by atoms with E-state index in [1.54, 1.807) is 6.20 Å². The van der Waals surface area contributed by atoms with Gasteiger partial charge in [-0.2, -0.15) is 5.10 Å². The Bertz CT molecular complexity index is 523. The van der Waals surface area contributed by atoms with Gasteiger partial charge in [0.05, 0.1) is 17.8 Å². The van der Waals surface area contributed by atoms with E-state index >= 15 is 0 Å². The van der Waals surface area contributed by atoms with Crippen LogP contribution in [-0.4, -0.2) is 58.6 Å². The number of nitrogens with zero attached hydrogens (tertiary/aromatic N) is 3. The fourth-order valence-corrected chi connectivity index (χ4v) is 3.50. The summed E-state index contributed by atoms with van der Waals surface area (Å²) in [6.07, 6.45) is 5.57. The van der Waals surface area contributed by atoms with Crippen molar-refractivity contribution in [3.05, 3.63) is 17.5 Å². The maximum atomic E-state index is 12.7. The predicted molar refractivity (Wildman–Crippen MR) is 81.8 cm³/mol. The summed E-state index contributed by atoms with van der Waals surface area (Å²) in [7, 11) is 0. The minimum atomic E-state index is 0.0500. The fourth-order valence-electron chi connectivity index (χ4n) is 3.50. The van der Waals surface area contributed by atoms with Gasteiger partial charge >= 0.3 is 0 Å². The molecule has 0 bridgehead atoms. The van der Waals surface area contributed by atoms with Crippen molar-refractivity contribution in [3.8, 4) is 0 Å². The number of aliphatic hydroxyl groups is 1. The number of carbonyl (C=O) groups is 1. The first-order valence-corrected chi connectivity index (χ1v) is 8.22. The summed E-state index contributed by atoms with van der Waals surface area (Å²) in [6.45, 7) is 5.08. The van der Waals surface area contributed by atoms with Gasteiger partial charge in [0.1, 0.15) is 0 Å². The Balaban J connectivity index is 1.74. The molecule has 0 radical (unpaired) electrons. The van der Waals surface area contributed by atoms with Crippen molar-refractivity contribution in [3.63, 3.8) is 0 Å². The molecular formula is C16H25N3O3. The number of aliphatic hydroxyl groups excluding tert-OH is 1. The normalized spacial score (nSPS) is 23.7. The van der Waals surface area contributed by atoms with Gasteiger partial charge in [0, 0.05) is 38.6 Å². The molecular weight excluding hydrogens is 282 g/mol. The van der Waals surface area contributed by atoms with Crippen molar-refractivity contribution in [2.45, 2.75) is 38.6 Å². The number of piperidine rings is 1. The summed E-state index contributed by atoms with van der Waals surface area (Å²) in [5.41, 5.74) is 1.65. The molecule has 2 saturated heterocycles. The van der Waals surface area contributed by atoms with Crippen molar-refractivity contribution in [2.75, 3.05) is 32.9 Å². The van der Waals surface area contributed by atoms with Crippen LogP contribution in [0.4, 0.5) is 0 Å². The molecule has 0 aliphatic carbocycles. The average molecular weight is 307 g/mol. The third-order valence-corrected chi connectivity index (χ3v) is 4.88. The molecule has 22 heavy (non-hydrogen) atoms. The van der Waals surface area contributed by atoms with E-state index in [4.69, 9.17) is 4.74 Å². The van der Waals surface area contributed by atoms with Crippen LogP contribution in [0.25, 0.3) is 0 Å². The topological polar surface area (TPSA) is 67.6 Å². The van der Waals surface area contributed by atoms with Crippen LogP contribution in [0.15, 0.2) is 6.20 Å². The molecule has 6 nitrogen and oxygen atoms in total. The molecule has 0 spiro atoms. The number of amides is 1. The van der Waals surface area contributed by atoms with Crippen molar-refractivity contribution in [1.82, 2.24) is 14.7 Å². The zero-order valence-corrected chi connectivity index (χ0v) is 13.2. The third kappa shape index (κ3) is 3.03. The highest BCUT2D eigenvalue weighted by atomic mass is 16.5. The number of carbonyl (C=O) groups excluding carboxylic acids is 1. The van der Waals surface area contributed by atoms with E-state index in [1.807, 2.05) is 16.5 Å². The SMILES string of the molecule is Cc1c(C(=O)N2CCCC(CO)C2)cnn1C1CCOCC1. The van der Waals surface area contributed by atoms with Crippen molar-refractivity contribution >= 4 is 5.91 Å². The highest BCUT2D eigenvalue weighted by Crippen LogP contribution is 2.25. The van der Waals surface area contributed by atoms with E-state index in [-0.39, 0.29) is 18.4 Å². The van der Waals surface area contributed by atoms with Gasteiger partial charge in [-0.1, -0.05) is 0 Å². The Morgan fingerprint density at radius 3 is 2.91 bits per heavy atom. The lowest BCUT2D eigenvalue weighted by Crippen LogP contribution is -2.41. The Hall–Kier alpha value is -1.40. The minimum absolute atomic E-state index is 0.0500. The molecule has 1 atom stereocenters. The van der Waals surface area contributed by atoms with Crippen molar-refractivity contribution in [2.24, 2.45) is 5.92 Å². The number of rotatable bonds is 3. The Morgan fingerprint density at radius 2 is 2.18 bits per heavy atom. The molecule has 1 amide bonds. The maximum Gasteiger partial charge on any atom is 0.257 e. The lowest BCUT2D eigenvalue weighted by Gasteiger charge is -2.31. The lowest BCUT2D eigenvalue weighted by atomic mass is 9.98. The number of aromatic nitrogens is 2. The highest BCUT2D eigenvalue weighted by Gasteiger charge is 2.27. The molecule has 0 saturated carbocycles. The smallest absolute Gasteiger partial charge is 0.257 e. The van der Waals surface area contributed by atoms with E-state index in [1.165, 1.54) is 0 Å². The molecule has 1 unspecified atom stereocenters. The van der Waals surface area contributed by atoms with E-state index in [0.29, 0.717) is 18.2 Å². The first-order chi connectivity index (χ1) is 10.7. The van der Waals surface area contributed by atoms with Gasteiger partial charge in [0.15, 0.2) is 0 Å². The van der Waals surface area contributed by atoms with E-state index in [0.717, 1.165) is 51.1 Å². The number of ether oxygens (including phenoxy) is 1. The van der Waals surface area contributed by atoms with Gasteiger partial charge in [-0.05, 0) is 38.5 Å². The van der Waals surface area contributed by atoms with Crippen LogP contribution < -0.4 is 0 Å². The Kier molecular flexibility index (Phi) is 4.78. The molecule has 122 valence electrons. The summed E-state index contributed by atoms with van der Waals surface area (Å²) in [4.78, 5) is 14.6. The second-order valence-electron chi connectivity index (χ2n) is 6.37. The van der Waals surface area contributed by atoms with Crippen LogP contribution in [0, 0.1) is 12.8 Å². The molecule has 1 aromatic rings. The second kappa shape index (κ2) is 6.79.